The van der Waals surface area contributed by atoms with Crippen molar-refractivity contribution in [2.24, 2.45) is 5.92 Å². The number of nitrogens with zero attached hydrogens (tertiary/aromatic N) is 1. The maximum Gasteiger partial charge on any atom is 0.252 e. The van der Waals surface area contributed by atoms with Gasteiger partial charge in [0.2, 0.25) is 5.91 Å². The molecule has 2 rings (SSSR count). The molecular formula is C17H21N3O4S. The van der Waals surface area contributed by atoms with E-state index in [4.69, 9.17) is 9.47 Å². The van der Waals surface area contributed by atoms with Crippen molar-refractivity contribution in [3.63, 3.8) is 0 Å². The molecule has 0 fully saturated rings. The van der Waals surface area contributed by atoms with Crippen LogP contribution in [0.15, 0.2) is 29.8 Å². The van der Waals surface area contributed by atoms with E-state index in [0.29, 0.717) is 22.2 Å². The van der Waals surface area contributed by atoms with E-state index >= 15 is 0 Å². The molecule has 7 nitrogen and oxygen atoms in total. The number of methoxy groups -OCH3 is 2. The number of carbonyl (C=O) groups excluding carboxylic acids is 2. The van der Waals surface area contributed by atoms with Crippen LogP contribution in [0, 0.1) is 5.92 Å². The van der Waals surface area contributed by atoms with Crippen LogP contribution in [0.5, 0.6) is 11.5 Å². The third-order valence-corrected chi connectivity index (χ3v) is 4.20. The topological polar surface area (TPSA) is 89.5 Å². The van der Waals surface area contributed by atoms with Crippen LogP contribution < -0.4 is 20.1 Å². The lowest BCUT2D eigenvalue weighted by Gasteiger charge is -2.21. The van der Waals surface area contributed by atoms with Gasteiger partial charge in [0, 0.05) is 23.2 Å². The average Bonchev–Trinajstić information content (AvgIpc) is 3.11. The predicted octanol–water partition coefficient (Wildman–Crippen LogP) is 2.55. The molecule has 1 atom stereocenters. The van der Waals surface area contributed by atoms with Gasteiger partial charge in [-0.25, -0.2) is 4.98 Å². The number of hydrogen-bond donors (Lipinski definition) is 2. The van der Waals surface area contributed by atoms with Crippen molar-refractivity contribution in [2.45, 2.75) is 19.9 Å². The zero-order valence-electron chi connectivity index (χ0n) is 14.5. The fraction of sp³-hybridized carbons (Fsp3) is 0.353. The van der Waals surface area contributed by atoms with Crippen LogP contribution >= 0.6 is 11.3 Å². The highest BCUT2D eigenvalue weighted by Crippen LogP contribution is 2.22. The maximum atomic E-state index is 12.6. The fourth-order valence-electron chi connectivity index (χ4n) is 2.17. The number of rotatable bonds is 7. The van der Waals surface area contributed by atoms with E-state index in [1.807, 2.05) is 13.8 Å². The van der Waals surface area contributed by atoms with Gasteiger partial charge in [0.1, 0.15) is 17.5 Å². The van der Waals surface area contributed by atoms with Gasteiger partial charge in [-0.05, 0) is 18.1 Å². The van der Waals surface area contributed by atoms with Gasteiger partial charge in [-0.3, -0.25) is 9.59 Å². The number of hydrogen-bond acceptors (Lipinski definition) is 6. The van der Waals surface area contributed by atoms with Crippen molar-refractivity contribution in [3.05, 3.63) is 35.3 Å². The predicted molar refractivity (Wildman–Crippen MR) is 96.4 cm³/mol. The molecule has 25 heavy (non-hydrogen) atoms. The summed E-state index contributed by atoms with van der Waals surface area (Å²) in [6.45, 7) is 3.72. The number of thiazole rings is 1. The Morgan fingerprint density at radius 1 is 1.12 bits per heavy atom. The minimum Gasteiger partial charge on any atom is -0.497 e. The molecule has 2 aromatic rings. The smallest absolute Gasteiger partial charge is 0.252 e. The Hall–Kier alpha value is -2.61. The van der Waals surface area contributed by atoms with Crippen molar-refractivity contribution in [3.8, 4) is 11.5 Å². The van der Waals surface area contributed by atoms with Crippen LogP contribution in [0.4, 0.5) is 5.13 Å². The number of nitrogens with one attached hydrogen (secondary N) is 2. The molecule has 8 heteroatoms. The summed E-state index contributed by atoms with van der Waals surface area (Å²) in [6, 6.07) is 4.15. The lowest BCUT2D eigenvalue weighted by atomic mass is 10.0. The van der Waals surface area contributed by atoms with Crippen molar-refractivity contribution in [1.29, 1.82) is 0 Å². The lowest BCUT2D eigenvalue weighted by molar-refractivity contribution is -0.118. The Morgan fingerprint density at radius 3 is 2.24 bits per heavy atom. The minimum atomic E-state index is -0.700. The van der Waals surface area contributed by atoms with Crippen LogP contribution in [0.25, 0.3) is 0 Å². The summed E-state index contributed by atoms with van der Waals surface area (Å²) in [5.74, 6) is 0.199. The number of aromatic nitrogens is 1. The first-order chi connectivity index (χ1) is 11.9. The largest absolute Gasteiger partial charge is 0.497 e. The zero-order chi connectivity index (χ0) is 18.4. The number of ether oxygens (including phenoxy) is 2. The highest BCUT2D eigenvalue weighted by molar-refractivity contribution is 7.13. The van der Waals surface area contributed by atoms with E-state index in [1.54, 1.807) is 29.8 Å². The van der Waals surface area contributed by atoms with Gasteiger partial charge in [0.05, 0.1) is 14.2 Å². The quantitative estimate of drug-likeness (QED) is 0.789. The number of anilines is 1. The van der Waals surface area contributed by atoms with Crippen molar-refractivity contribution >= 4 is 28.3 Å². The van der Waals surface area contributed by atoms with Gasteiger partial charge >= 0.3 is 0 Å². The molecule has 0 saturated heterocycles. The highest BCUT2D eigenvalue weighted by atomic mass is 32.1. The third kappa shape index (κ3) is 4.93. The van der Waals surface area contributed by atoms with Crippen molar-refractivity contribution in [1.82, 2.24) is 10.3 Å². The molecule has 0 aliphatic rings. The van der Waals surface area contributed by atoms with Gasteiger partial charge in [-0.1, -0.05) is 13.8 Å². The van der Waals surface area contributed by atoms with Gasteiger partial charge in [0.25, 0.3) is 5.91 Å². The van der Waals surface area contributed by atoms with Crippen LogP contribution in [-0.2, 0) is 4.79 Å². The Morgan fingerprint density at radius 2 is 1.76 bits per heavy atom. The lowest BCUT2D eigenvalue weighted by Crippen LogP contribution is -2.47. The van der Waals surface area contributed by atoms with E-state index in [2.05, 4.69) is 15.6 Å². The summed E-state index contributed by atoms with van der Waals surface area (Å²) < 4.78 is 10.3. The van der Waals surface area contributed by atoms with Gasteiger partial charge in [0.15, 0.2) is 5.13 Å². The standard InChI is InChI=1S/C17H21N3O4S/c1-10(2)14(16(22)20-17-18-5-6-25-17)19-15(21)11-7-12(23-3)9-13(8-11)24-4/h5-10,14H,1-4H3,(H,19,21)(H,18,20,22)/t14-/m1/s1. The first-order valence-corrected chi connectivity index (χ1v) is 8.57. The van der Waals surface area contributed by atoms with E-state index in [-0.39, 0.29) is 17.7 Å². The molecule has 0 spiro atoms. The van der Waals surface area contributed by atoms with E-state index in [1.165, 1.54) is 25.6 Å². The molecule has 0 saturated carbocycles. The Bertz CT molecular complexity index is 709. The normalized spacial score (nSPS) is 11.7. The minimum absolute atomic E-state index is 0.101. The molecule has 2 amide bonds. The third-order valence-electron chi connectivity index (χ3n) is 3.51. The first kappa shape index (κ1) is 18.7. The molecular weight excluding hydrogens is 342 g/mol. The second kappa shape index (κ2) is 8.48. The second-order valence-electron chi connectivity index (χ2n) is 5.62. The van der Waals surface area contributed by atoms with Crippen LogP contribution in [0.3, 0.4) is 0 Å². The molecule has 1 aromatic heterocycles. The van der Waals surface area contributed by atoms with Crippen molar-refractivity contribution < 1.29 is 19.1 Å². The maximum absolute atomic E-state index is 12.6. The van der Waals surface area contributed by atoms with Gasteiger partial charge in [-0.15, -0.1) is 11.3 Å². The summed E-state index contributed by atoms with van der Waals surface area (Å²) in [7, 11) is 3.02. The summed E-state index contributed by atoms with van der Waals surface area (Å²) in [6.07, 6.45) is 1.60. The molecule has 134 valence electrons. The summed E-state index contributed by atoms with van der Waals surface area (Å²) in [5, 5.41) is 7.73. The number of benzene rings is 1. The Labute approximate surface area is 150 Å². The Kier molecular flexibility index (Phi) is 6.35. The fourth-order valence-corrected chi connectivity index (χ4v) is 2.70. The summed E-state index contributed by atoms with van der Waals surface area (Å²) >= 11 is 1.32. The Balaban J connectivity index is 2.16. The average molecular weight is 363 g/mol. The molecule has 0 aliphatic carbocycles. The van der Waals surface area contributed by atoms with Crippen molar-refractivity contribution in [2.75, 3.05) is 19.5 Å². The molecule has 0 aliphatic heterocycles. The SMILES string of the molecule is COc1cc(OC)cc(C(=O)N[C@@H](C(=O)Nc2nccs2)C(C)C)c1. The molecule has 2 N–H and O–H groups in total. The zero-order valence-corrected chi connectivity index (χ0v) is 15.3. The molecule has 0 bridgehead atoms. The van der Waals surface area contributed by atoms with Crippen LogP contribution in [-0.4, -0.2) is 37.1 Å². The van der Waals surface area contributed by atoms with E-state index in [0.717, 1.165) is 0 Å². The van der Waals surface area contributed by atoms with Crippen LogP contribution in [0.1, 0.15) is 24.2 Å². The monoisotopic (exact) mass is 363 g/mol. The number of amides is 2. The summed E-state index contributed by atoms with van der Waals surface area (Å²) in [4.78, 5) is 29.1. The van der Waals surface area contributed by atoms with Gasteiger partial charge < -0.3 is 20.1 Å². The first-order valence-electron chi connectivity index (χ1n) is 7.69. The molecule has 0 radical (unpaired) electrons. The van der Waals surface area contributed by atoms with Crippen LogP contribution in [0.2, 0.25) is 0 Å². The highest BCUT2D eigenvalue weighted by Gasteiger charge is 2.25. The number of carbonyl (C=O) groups is 2. The van der Waals surface area contributed by atoms with Gasteiger partial charge in [-0.2, -0.15) is 0 Å². The van der Waals surface area contributed by atoms with E-state index in [9.17, 15) is 9.59 Å². The molecule has 1 aromatic carbocycles. The molecule has 1 heterocycles. The molecule has 0 unspecified atom stereocenters. The second-order valence-corrected chi connectivity index (χ2v) is 6.52. The summed E-state index contributed by atoms with van der Waals surface area (Å²) in [5.41, 5.74) is 0.351. The van der Waals surface area contributed by atoms with E-state index < -0.39 is 6.04 Å².